The van der Waals surface area contributed by atoms with E-state index in [1.165, 1.54) is 0 Å². The summed E-state index contributed by atoms with van der Waals surface area (Å²) in [5, 5.41) is 9.02. The summed E-state index contributed by atoms with van der Waals surface area (Å²) in [6.45, 7) is 8.25. The van der Waals surface area contributed by atoms with Gasteiger partial charge in [-0.1, -0.05) is 0 Å². The maximum atomic E-state index is 9.02. The fraction of sp³-hybridized carbons (Fsp3) is 0.909. The molecule has 0 aromatic rings. The normalized spacial score (nSPS) is 20.8. The van der Waals surface area contributed by atoms with E-state index in [0.29, 0.717) is 18.5 Å². The lowest BCUT2D eigenvalue weighted by molar-refractivity contribution is 0.165. The van der Waals surface area contributed by atoms with Crippen molar-refractivity contribution < 1.29 is 5.11 Å². The Morgan fingerprint density at radius 1 is 1.40 bits per heavy atom. The monoisotopic (exact) mass is 213 g/mol. The van der Waals surface area contributed by atoms with Gasteiger partial charge in [-0.05, 0) is 39.5 Å². The van der Waals surface area contributed by atoms with Gasteiger partial charge < -0.3 is 15.7 Å². The van der Waals surface area contributed by atoms with Crippen LogP contribution < -0.4 is 5.73 Å². The zero-order chi connectivity index (χ0) is 11.5. The van der Waals surface area contributed by atoms with E-state index in [1.807, 2.05) is 20.8 Å². The van der Waals surface area contributed by atoms with Crippen LogP contribution in [0.25, 0.3) is 0 Å². The number of rotatable bonds is 1. The van der Waals surface area contributed by atoms with Crippen molar-refractivity contribution >= 4 is 5.96 Å². The summed E-state index contributed by atoms with van der Waals surface area (Å²) in [7, 11) is 0. The zero-order valence-corrected chi connectivity index (χ0v) is 10.0. The molecule has 0 aromatic heterocycles. The minimum atomic E-state index is -0.113. The van der Waals surface area contributed by atoms with Gasteiger partial charge in [-0.15, -0.1) is 0 Å². The van der Waals surface area contributed by atoms with Crippen molar-refractivity contribution in [3.63, 3.8) is 0 Å². The summed E-state index contributed by atoms with van der Waals surface area (Å²) in [4.78, 5) is 6.55. The average molecular weight is 213 g/mol. The van der Waals surface area contributed by atoms with E-state index in [1.54, 1.807) is 0 Å². The van der Waals surface area contributed by atoms with Crippen LogP contribution in [0, 0.1) is 5.92 Å². The number of likely N-dealkylation sites (tertiary alicyclic amines) is 1. The lowest BCUT2D eigenvalue weighted by Crippen LogP contribution is -2.44. The second kappa shape index (κ2) is 4.84. The Morgan fingerprint density at radius 2 is 1.93 bits per heavy atom. The molecule has 0 bridgehead atoms. The van der Waals surface area contributed by atoms with Gasteiger partial charge in [0.05, 0.1) is 5.54 Å². The molecule has 0 radical (unpaired) electrons. The molecule has 1 saturated heterocycles. The van der Waals surface area contributed by atoms with E-state index in [2.05, 4.69) is 9.89 Å². The fourth-order valence-corrected chi connectivity index (χ4v) is 1.76. The highest BCUT2D eigenvalue weighted by atomic mass is 16.3. The number of nitrogens with two attached hydrogens (primary N) is 1. The number of aliphatic hydroxyl groups is 1. The van der Waals surface area contributed by atoms with Crippen molar-refractivity contribution in [2.45, 2.75) is 39.2 Å². The van der Waals surface area contributed by atoms with Crippen LogP contribution >= 0.6 is 0 Å². The van der Waals surface area contributed by atoms with Crippen molar-refractivity contribution in [3.05, 3.63) is 0 Å². The largest absolute Gasteiger partial charge is 0.396 e. The van der Waals surface area contributed by atoms with Gasteiger partial charge in [-0.25, -0.2) is 4.99 Å². The van der Waals surface area contributed by atoms with Crippen LogP contribution in [0.15, 0.2) is 4.99 Å². The Hall–Kier alpha value is -0.770. The Labute approximate surface area is 92.2 Å². The summed E-state index contributed by atoms with van der Waals surface area (Å²) in [5.41, 5.74) is 5.82. The molecular weight excluding hydrogens is 190 g/mol. The van der Waals surface area contributed by atoms with E-state index < -0.39 is 0 Å². The van der Waals surface area contributed by atoms with Crippen LogP contribution in [0.5, 0.6) is 0 Å². The summed E-state index contributed by atoms with van der Waals surface area (Å²) in [6, 6.07) is 0. The molecule has 0 aromatic carbocycles. The number of aliphatic hydroxyl groups excluding tert-OH is 1. The predicted octanol–water partition coefficient (Wildman–Crippen LogP) is 0.804. The Balaban J connectivity index is 2.50. The van der Waals surface area contributed by atoms with Crippen LogP contribution in [0.3, 0.4) is 0 Å². The standard InChI is InChI=1S/C11H23N3O/c1-11(2,3)13-10(12)14-6-4-9(8-15)5-7-14/h9,15H,4-8H2,1-3H3,(H2,12,13). The maximum Gasteiger partial charge on any atom is 0.191 e. The molecule has 0 spiro atoms. The van der Waals surface area contributed by atoms with E-state index in [-0.39, 0.29) is 5.54 Å². The molecule has 4 heteroatoms. The molecule has 1 aliphatic rings. The van der Waals surface area contributed by atoms with Gasteiger partial charge in [-0.3, -0.25) is 0 Å². The van der Waals surface area contributed by atoms with Crippen molar-refractivity contribution in [1.82, 2.24) is 4.90 Å². The first kappa shape index (κ1) is 12.3. The lowest BCUT2D eigenvalue weighted by Gasteiger charge is -2.32. The number of hydrogen-bond acceptors (Lipinski definition) is 2. The molecule has 15 heavy (non-hydrogen) atoms. The molecule has 0 saturated carbocycles. The van der Waals surface area contributed by atoms with Gasteiger partial charge >= 0.3 is 0 Å². The van der Waals surface area contributed by atoms with Crippen LogP contribution in [0.2, 0.25) is 0 Å². The second-order valence-electron chi connectivity index (χ2n) is 5.25. The minimum Gasteiger partial charge on any atom is -0.396 e. The third-order valence-electron chi connectivity index (χ3n) is 2.65. The Kier molecular flexibility index (Phi) is 3.97. The van der Waals surface area contributed by atoms with Gasteiger partial charge in [0, 0.05) is 19.7 Å². The molecule has 0 unspecified atom stereocenters. The lowest BCUT2D eigenvalue weighted by atomic mass is 9.98. The molecular formula is C11H23N3O. The number of aliphatic imine (C=N–C) groups is 1. The SMILES string of the molecule is CC(C)(C)N=C(N)N1CCC(CO)CC1. The first-order valence-electron chi connectivity index (χ1n) is 5.63. The van der Waals surface area contributed by atoms with E-state index in [0.717, 1.165) is 25.9 Å². The molecule has 1 fully saturated rings. The van der Waals surface area contributed by atoms with Gasteiger partial charge in [0.1, 0.15) is 0 Å². The van der Waals surface area contributed by atoms with Gasteiger partial charge in [0.25, 0.3) is 0 Å². The summed E-state index contributed by atoms with van der Waals surface area (Å²) in [6.07, 6.45) is 2.02. The molecule has 88 valence electrons. The van der Waals surface area contributed by atoms with E-state index >= 15 is 0 Å². The Morgan fingerprint density at radius 3 is 2.33 bits per heavy atom. The fourth-order valence-electron chi connectivity index (χ4n) is 1.76. The summed E-state index contributed by atoms with van der Waals surface area (Å²) < 4.78 is 0. The topological polar surface area (TPSA) is 61.8 Å². The zero-order valence-electron chi connectivity index (χ0n) is 10.0. The Bertz CT molecular complexity index is 224. The predicted molar refractivity (Wildman–Crippen MR) is 62.8 cm³/mol. The number of hydrogen-bond donors (Lipinski definition) is 2. The molecule has 1 heterocycles. The van der Waals surface area contributed by atoms with E-state index in [9.17, 15) is 0 Å². The highest BCUT2D eigenvalue weighted by Gasteiger charge is 2.20. The van der Waals surface area contributed by atoms with Gasteiger partial charge in [0.2, 0.25) is 0 Å². The van der Waals surface area contributed by atoms with Gasteiger partial charge in [0.15, 0.2) is 5.96 Å². The van der Waals surface area contributed by atoms with Crippen LogP contribution in [-0.2, 0) is 0 Å². The van der Waals surface area contributed by atoms with Crippen molar-refractivity contribution in [1.29, 1.82) is 0 Å². The minimum absolute atomic E-state index is 0.113. The first-order chi connectivity index (χ1) is 6.92. The van der Waals surface area contributed by atoms with Crippen LogP contribution in [0.4, 0.5) is 0 Å². The van der Waals surface area contributed by atoms with Gasteiger partial charge in [-0.2, -0.15) is 0 Å². The van der Waals surface area contributed by atoms with Crippen molar-refractivity contribution in [3.8, 4) is 0 Å². The molecule has 0 atom stereocenters. The van der Waals surface area contributed by atoms with E-state index in [4.69, 9.17) is 10.8 Å². The third kappa shape index (κ3) is 4.08. The molecule has 4 nitrogen and oxygen atoms in total. The first-order valence-corrected chi connectivity index (χ1v) is 5.63. The summed E-state index contributed by atoms with van der Waals surface area (Å²) >= 11 is 0. The summed E-state index contributed by atoms with van der Waals surface area (Å²) in [5.74, 6) is 1.09. The number of piperidine rings is 1. The third-order valence-corrected chi connectivity index (χ3v) is 2.65. The highest BCUT2D eigenvalue weighted by Crippen LogP contribution is 2.17. The van der Waals surface area contributed by atoms with Crippen molar-refractivity contribution in [2.24, 2.45) is 16.6 Å². The molecule has 0 aliphatic carbocycles. The van der Waals surface area contributed by atoms with Crippen molar-refractivity contribution in [2.75, 3.05) is 19.7 Å². The smallest absolute Gasteiger partial charge is 0.191 e. The second-order valence-corrected chi connectivity index (χ2v) is 5.25. The molecule has 0 amide bonds. The average Bonchev–Trinajstić information content (AvgIpc) is 2.15. The highest BCUT2D eigenvalue weighted by molar-refractivity contribution is 5.78. The quantitative estimate of drug-likeness (QED) is 0.500. The number of guanidine groups is 1. The van der Waals surface area contributed by atoms with Crippen LogP contribution in [-0.4, -0.2) is 41.2 Å². The molecule has 1 aliphatic heterocycles. The number of nitrogens with zero attached hydrogens (tertiary/aromatic N) is 2. The maximum absolute atomic E-state index is 9.02. The molecule has 3 N–H and O–H groups in total. The molecule has 1 rings (SSSR count). The van der Waals surface area contributed by atoms with Crippen LogP contribution in [0.1, 0.15) is 33.6 Å².